The first-order chi connectivity index (χ1) is 10.3. The summed E-state index contributed by atoms with van der Waals surface area (Å²) < 4.78 is 4.96. The van der Waals surface area contributed by atoms with Gasteiger partial charge in [-0.25, -0.2) is 4.79 Å². The molecule has 21 heavy (non-hydrogen) atoms. The van der Waals surface area contributed by atoms with E-state index in [0.717, 1.165) is 11.1 Å². The molecule has 0 radical (unpaired) electrons. The zero-order valence-corrected chi connectivity index (χ0v) is 11.9. The van der Waals surface area contributed by atoms with Gasteiger partial charge >= 0.3 is 5.97 Å². The lowest BCUT2D eigenvalue weighted by molar-refractivity contribution is -0.143. The molecule has 0 saturated heterocycles. The van der Waals surface area contributed by atoms with Crippen molar-refractivity contribution in [2.45, 2.75) is 17.9 Å². The maximum atomic E-state index is 12.2. The first-order valence-electron chi connectivity index (χ1n) is 7.00. The lowest BCUT2D eigenvalue weighted by atomic mass is 10.1. The van der Waals surface area contributed by atoms with E-state index >= 15 is 0 Å². The quantitative estimate of drug-likeness (QED) is 0.637. The topological polar surface area (TPSA) is 38.7 Å². The highest BCUT2D eigenvalue weighted by molar-refractivity contribution is 5.91. The average molecular weight is 279 g/mol. The van der Waals surface area contributed by atoms with Gasteiger partial charge in [-0.3, -0.25) is 4.99 Å². The number of hydrogen-bond donors (Lipinski definition) is 0. The molecule has 0 aromatic heterocycles. The Morgan fingerprint density at radius 3 is 2.38 bits per heavy atom. The number of carbonyl (C=O) groups excluding carboxylic acids is 1. The van der Waals surface area contributed by atoms with Gasteiger partial charge in [0.15, 0.2) is 5.54 Å². The Hall–Kier alpha value is -2.42. The number of rotatable bonds is 4. The first-order valence-corrected chi connectivity index (χ1v) is 7.00. The molecule has 1 fully saturated rings. The second kappa shape index (κ2) is 5.52. The van der Waals surface area contributed by atoms with Crippen molar-refractivity contribution < 1.29 is 9.53 Å². The van der Waals surface area contributed by atoms with Crippen LogP contribution in [0.2, 0.25) is 0 Å². The Kier molecular flexibility index (Phi) is 3.57. The van der Waals surface area contributed by atoms with Gasteiger partial charge in [0.2, 0.25) is 0 Å². The van der Waals surface area contributed by atoms with Crippen LogP contribution in [0.3, 0.4) is 0 Å². The molecule has 2 aromatic carbocycles. The van der Waals surface area contributed by atoms with E-state index in [4.69, 9.17) is 4.74 Å². The van der Waals surface area contributed by atoms with Crippen molar-refractivity contribution in [2.75, 3.05) is 7.11 Å². The molecule has 3 nitrogen and oxygen atoms in total. The second-order valence-electron chi connectivity index (χ2n) is 5.25. The lowest BCUT2D eigenvalue weighted by Gasteiger charge is -2.10. The molecular weight excluding hydrogens is 262 g/mol. The van der Waals surface area contributed by atoms with E-state index < -0.39 is 5.54 Å². The molecule has 106 valence electrons. The van der Waals surface area contributed by atoms with Crippen molar-refractivity contribution in [3.05, 3.63) is 71.8 Å². The largest absolute Gasteiger partial charge is 0.467 e. The molecule has 0 spiro atoms. The molecule has 0 heterocycles. The number of carbonyl (C=O) groups is 1. The highest BCUT2D eigenvalue weighted by Gasteiger charge is 2.62. The Bertz CT molecular complexity index is 651. The van der Waals surface area contributed by atoms with Crippen LogP contribution >= 0.6 is 0 Å². The van der Waals surface area contributed by atoms with Crippen LogP contribution in [0.4, 0.5) is 0 Å². The number of hydrogen-bond acceptors (Lipinski definition) is 3. The molecule has 1 aliphatic rings. The highest BCUT2D eigenvalue weighted by Crippen LogP contribution is 2.55. The zero-order valence-electron chi connectivity index (χ0n) is 11.9. The van der Waals surface area contributed by atoms with Gasteiger partial charge in [-0.2, -0.15) is 0 Å². The third-order valence-electron chi connectivity index (χ3n) is 3.92. The average Bonchev–Trinajstić information content (AvgIpc) is 3.30. The minimum Gasteiger partial charge on any atom is -0.467 e. The first kappa shape index (κ1) is 13.6. The number of aliphatic imine (C=N–C) groups is 1. The maximum absolute atomic E-state index is 12.2. The summed E-state index contributed by atoms with van der Waals surface area (Å²) in [4.78, 5) is 16.7. The van der Waals surface area contributed by atoms with E-state index in [9.17, 15) is 4.79 Å². The Morgan fingerprint density at radius 2 is 1.76 bits per heavy atom. The standard InChI is InChI=1S/C18H17NO2/c1-21-17(20)18(19-13-14-8-4-2-5-9-14)12-16(18)15-10-6-3-7-11-15/h2-11,13,16H,12H2,1H3/t16-,18+/m1/s1. The van der Waals surface area contributed by atoms with Gasteiger partial charge in [-0.15, -0.1) is 0 Å². The smallest absolute Gasteiger partial charge is 0.334 e. The lowest BCUT2D eigenvalue weighted by Crippen LogP contribution is -2.24. The number of methoxy groups -OCH3 is 1. The Labute approximate surface area is 124 Å². The molecule has 1 saturated carbocycles. The number of ether oxygens (including phenoxy) is 1. The monoisotopic (exact) mass is 279 g/mol. The molecule has 3 heteroatoms. The van der Waals surface area contributed by atoms with Crippen molar-refractivity contribution in [1.82, 2.24) is 0 Å². The van der Waals surface area contributed by atoms with E-state index in [1.807, 2.05) is 60.7 Å². The van der Waals surface area contributed by atoms with Gasteiger partial charge in [0.1, 0.15) is 0 Å². The summed E-state index contributed by atoms with van der Waals surface area (Å²) in [7, 11) is 1.42. The van der Waals surface area contributed by atoms with E-state index in [1.54, 1.807) is 6.21 Å². The predicted molar refractivity (Wildman–Crippen MR) is 82.6 cm³/mol. The third kappa shape index (κ3) is 2.59. The summed E-state index contributed by atoms with van der Waals surface area (Å²) >= 11 is 0. The minimum atomic E-state index is -0.758. The summed E-state index contributed by atoms with van der Waals surface area (Å²) in [5, 5.41) is 0. The van der Waals surface area contributed by atoms with Gasteiger partial charge in [0.25, 0.3) is 0 Å². The van der Waals surface area contributed by atoms with E-state index in [2.05, 4.69) is 4.99 Å². The fourth-order valence-electron chi connectivity index (χ4n) is 2.66. The number of nitrogens with zero attached hydrogens (tertiary/aromatic N) is 1. The Balaban J connectivity index is 1.87. The van der Waals surface area contributed by atoms with Gasteiger partial charge < -0.3 is 4.74 Å². The SMILES string of the molecule is COC(=O)[C@]1(N=Cc2ccccc2)C[C@@H]1c1ccccc1. The van der Waals surface area contributed by atoms with Crippen LogP contribution < -0.4 is 0 Å². The second-order valence-corrected chi connectivity index (χ2v) is 5.25. The van der Waals surface area contributed by atoms with Crippen LogP contribution in [0.5, 0.6) is 0 Å². The summed E-state index contributed by atoms with van der Waals surface area (Å²) in [6.45, 7) is 0. The molecule has 2 aromatic rings. The van der Waals surface area contributed by atoms with Crippen molar-refractivity contribution in [3.8, 4) is 0 Å². The van der Waals surface area contributed by atoms with Crippen LogP contribution in [0.25, 0.3) is 0 Å². The minimum absolute atomic E-state index is 0.103. The highest BCUT2D eigenvalue weighted by atomic mass is 16.5. The van der Waals surface area contributed by atoms with Gasteiger partial charge in [0, 0.05) is 12.1 Å². The van der Waals surface area contributed by atoms with Gasteiger partial charge in [-0.1, -0.05) is 60.7 Å². The molecular formula is C18H17NO2. The maximum Gasteiger partial charge on any atom is 0.334 e. The molecule has 0 bridgehead atoms. The number of esters is 1. The normalized spacial score (nSPS) is 24.0. The van der Waals surface area contributed by atoms with E-state index in [1.165, 1.54) is 7.11 Å². The number of benzene rings is 2. The molecule has 2 atom stereocenters. The van der Waals surface area contributed by atoms with Gasteiger partial charge in [-0.05, 0) is 17.5 Å². The molecule has 0 aliphatic heterocycles. The molecule has 0 unspecified atom stereocenters. The molecule has 1 aliphatic carbocycles. The fourth-order valence-corrected chi connectivity index (χ4v) is 2.66. The van der Waals surface area contributed by atoms with Crippen LogP contribution in [0, 0.1) is 0 Å². The van der Waals surface area contributed by atoms with Crippen LogP contribution in [-0.2, 0) is 9.53 Å². The van der Waals surface area contributed by atoms with Crippen molar-refractivity contribution in [2.24, 2.45) is 4.99 Å². The zero-order chi connectivity index (χ0) is 14.7. The van der Waals surface area contributed by atoms with E-state index in [0.29, 0.717) is 6.42 Å². The Morgan fingerprint density at radius 1 is 1.14 bits per heavy atom. The van der Waals surface area contributed by atoms with Crippen LogP contribution in [0.1, 0.15) is 23.5 Å². The summed E-state index contributed by atoms with van der Waals surface area (Å²) in [5.74, 6) is -0.158. The molecule has 0 N–H and O–H groups in total. The third-order valence-corrected chi connectivity index (χ3v) is 3.92. The summed E-state index contributed by atoms with van der Waals surface area (Å²) in [6.07, 6.45) is 2.47. The molecule has 3 rings (SSSR count). The van der Waals surface area contributed by atoms with Crippen molar-refractivity contribution in [1.29, 1.82) is 0 Å². The van der Waals surface area contributed by atoms with Crippen molar-refractivity contribution >= 4 is 12.2 Å². The summed E-state index contributed by atoms with van der Waals surface area (Å²) in [6, 6.07) is 19.8. The van der Waals surface area contributed by atoms with Crippen molar-refractivity contribution in [3.63, 3.8) is 0 Å². The fraction of sp³-hybridized carbons (Fsp3) is 0.222. The van der Waals surface area contributed by atoms with Gasteiger partial charge in [0.05, 0.1) is 7.11 Å². The summed E-state index contributed by atoms with van der Waals surface area (Å²) in [5.41, 5.74) is 1.36. The molecule has 0 amide bonds. The van der Waals surface area contributed by atoms with Crippen LogP contribution in [0.15, 0.2) is 65.7 Å². The van der Waals surface area contributed by atoms with Crippen LogP contribution in [-0.4, -0.2) is 24.8 Å². The van der Waals surface area contributed by atoms with E-state index in [-0.39, 0.29) is 11.9 Å². The predicted octanol–water partition coefficient (Wildman–Crippen LogP) is 3.20.